The van der Waals surface area contributed by atoms with Gasteiger partial charge in [-0.05, 0) is 69.5 Å². The monoisotopic (exact) mass is 377 g/mol. The predicted molar refractivity (Wildman–Crippen MR) is 104 cm³/mol. The van der Waals surface area contributed by atoms with E-state index >= 15 is 0 Å². The van der Waals surface area contributed by atoms with Gasteiger partial charge in [-0.25, -0.2) is 4.98 Å². The maximum atomic E-state index is 6.18. The molecule has 0 spiro atoms. The first-order valence-corrected chi connectivity index (χ1v) is 8.96. The molecular formula is C19H21Cl2N3O. The second-order valence-electron chi connectivity index (χ2n) is 6.21. The number of hydrogen-bond acceptors (Lipinski definition) is 3. The Bertz CT molecular complexity index is 844. The molecule has 0 aliphatic carbocycles. The minimum absolute atomic E-state index is 0.399. The topological polar surface area (TPSA) is 30.3 Å². The van der Waals surface area contributed by atoms with Crippen LogP contribution in [0.1, 0.15) is 12.2 Å². The molecule has 0 bridgehead atoms. The summed E-state index contributed by atoms with van der Waals surface area (Å²) in [5, 5.41) is 1.41. The van der Waals surface area contributed by atoms with E-state index in [-0.39, 0.29) is 0 Å². The van der Waals surface area contributed by atoms with Crippen LogP contribution in [-0.2, 0) is 13.2 Å². The van der Waals surface area contributed by atoms with E-state index in [1.807, 2.05) is 42.5 Å². The highest BCUT2D eigenvalue weighted by Gasteiger charge is 2.12. The summed E-state index contributed by atoms with van der Waals surface area (Å²) in [4.78, 5) is 6.90. The van der Waals surface area contributed by atoms with Crippen molar-refractivity contribution in [3.05, 3.63) is 58.3 Å². The van der Waals surface area contributed by atoms with E-state index in [2.05, 4.69) is 23.6 Å². The van der Waals surface area contributed by atoms with Gasteiger partial charge in [-0.1, -0.05) is 23.2 Å². The number of hydrogen-bond donors (Lipinski definition) is 0. The lowest BCUT2D eigenvalue weighted by molar-refractivity contribution is 0.288. The lowest BCUT2D eigenvalue weighted by atomic mass is 10.3. The maximum Gasteiger partial charge on any atom is 0.147 e. The summed E-state index contributed by atoms with van der Waals surface area (Å²) in [5.74, 6) is 1.67. The molecule has 0 aliphatic heterocycles. The molecule has 0 radical (unpaired) electrons. The summed E-state index contributed by atoms with van der Waals surface area (Å²) in [7, 11) is 4.15. The van der Waals surface area contributed by atoms with Crippen LogP contribution in [0.2, 0.25) is 10.0 Å². The Morgan fingerprint density at radius 2 is 1.76 bits per heavy atom. The van der Waals surface area contributed by atoms with Gasteiger partial charge < -0.3 is 14.2 Å². The standard InChI is InChI=1S/C19H21Cl2N3O/c1-23(2)10-3-11-24-18-12-15(21)6-9-17(18)22-19(24)13-25-16-7-4-14(20)5-8-16/h4-9,12H,3,10-11,13H2,1-2H3. The highest BCUT2D eigenvalue weighted by Crippen LogP contribution is 2.23. The Balaban J connectivity index is 1.83. The molecule has 6 heteroatoms. The van der Waals surface area contributed by atoms with Crippen molar-refractivity contribution in [2.45, 2.75) is 19.6 Å². The van der Waals surface area contributed by atoms with Crippen molar-refractivity contribution in [2.24, 2.45) is 0 Å². The Morgan fingerprint density at radius 1 is 1.04 bits per heavy atom. The van der Waals surface area contributed by atoms with Crippen LogP contribution in [0, 0.1) is 0 Å². The number of rotatable bonds is 7. The highest BCUT2D eigenvalue weighted by atomic mass is 35.5. The van der Waals surface area contributed by atoms with E-state index in [0.717, 1.165) is 42.1 Å². The number of aryl methyl sites for hydroxylation is 1. The van der Waals surface area contributed by atoms with Gasteiger partial charge in [-0.3, -0.25) is 0 Å². The summed E-state index contributed by atoms with van der Waals surface area (Å²) in [6, 6.07) is 13.1. The van der Waals surface area contributed by atoms with Crippen molar-refractivity contribution >= 4 is 34.2 Å². The molecule has 1 aromatic heterocycles. The fraction of sp³-hybridized carbons (Fsp3) is 0.316. The Labute approximate surface area is 157 Å². The van der Waals surface area contributed by atoms with Crippen molar-refractivity contribution in [3.8, 4) is 5.75 Å². The Kier molecular flexibility index (Phi) is 5.84. The third kappa shape index (κ3) is 4.66. The molecule has 132 valence electrons. The van der Waals surface area contributed by atoms with E-state index in [4.69, 9.17) is 32.9 Å². The minimum Gasteiger partial charge on any atom is -0.486 e. The average Bonchev–Trinajstić information content (AvgIpc) is 2.91. The van der Waals surface area contributed by atoms with Crippen LogP contribution < -0.4 is 4.74 Å². The Morgan fingerprint density at radius 3 is 2.48 bits per heavy atom. The quantitative estimate of drug-likeness (QED) is 0.587. The van der Waals surface area contributed by atoms with Crippen molar-refractivity contribution in [2.75, 3.05) is 20.6 Å². The molecule has 3 rings (SSSR count). The van der Waals surface area contributed by atoms with Crippen LogP contribution >= 0.6 is 23.2 Å². The highest BCUT2D eigenvalue weighted by molar-refractivity contribution is 6.31. The smallest absolute Gasteiger partial charge is 0.147 e. The van der Waals surface area contributed by atoms with Crippen molar-refractivity contribution in [1.29, 1.82) is 0 Å². The van der Waals surface area contributed by atoms with Crippen molar-refractivity contribution < 1.29 is 4.74 Å². The molecule has 0 fully saturated rings. The van der Waals surface area contributed by atoms with Gasteiger partial charge in [0.05, 0.1) is 11.0 Å². The minimum atomic E-state index is 0.399. The average molecular weight is 378 g/mol. The van der Waals surface area contributed by atoms with Gasteiger partial charge in [-0.15, -0.1) is 0 Å². The first kappa shape index (κ1) is 18.1. The fourth-order valence-electron chi connectivity index (χ4n) is 2.73. The number of aromatic nitrogens is 2. The third-order valence-corrected chi connectivity index (χ3v) is 4.45. The zero-order chi connectivity index (χ0) is 17.8. The van der Waals surface area contributed by atoms with Crippen LogP contribution in [0.4, 0.5) is 0 Å². The van der Waals surface area contributed by atoms with Crippen LogP contribution in [-0.4, -0.2) is 35.1 Å². The first-order chi connectivity index (χ1) is 12.0. The number of ether oxygens (including phenoxy) is 1. The zero-order valence-corrected chi connectivity index (χ0v) is 15.9. The number of benzene rings is 2. The molecule has 3 aromatic rings. The van der Waals surface area contributed by atoms with Crippen molar-refractivity contribution in [1.82, 2.24) is 14.5 Å². The van der Waals surface area contributed by atoms with Crippen LogP contribution in [0.25, 0.3) is 11.0 Å². The SMILES string of the molecule is CN(C)CCCn1c(COc2ccc(Cl)cc2)nc2ccc(Cl)cc21. The number of fused-ring (bicyclic) bond motifs is 1. The molecule has 0 saturated heterocycles. The lowest BCUT2D eigenvalue weighted by Crippen LogP contribution is -2.16. The van der Waals surface area contributed by atoms with E-state index in [1.54, 1.807) is 0 Å². The second kappa shape index (κ2) is 8.09. The molecule has 2 aromatic carbocycles. The molecule has 0 N–H and O–H groups in total. The summed E-state index contributed by atoms with van der Waals surface area (Å²) >= 11 is 12.1. The number of halogens is 2. The zero-order valence-electron chi connectivity index (χ0n) is 14.4. The van der Waals surface area contributed by atoms with Gasteiger partial charge in [0.1, 0.15) is 18.2 Å². The molecule has 0 amide bonds. The van der Waals surface area contributed by atoms with E-state index in [0.29, 0.717) is 16.7 Å². The maximum absolute atomic E-state index is 6.18. The van der Waals surface area contributed by atoms with Crippen LogP contribution in [0.5, 0.6) is 5.75 Å². The fourth-order valence-corrected chi connectivity index (χ4v) is 3.02. The Hall–Kier alpha value is -1.75. The largest absolute Gasteiger partial charge is 0.486 e. The summed E-state index contributed by atoms with van der Waals surface area (Å²) in [5.41, 5.74) is 1.98. The molecule has 25 heavy (non-hydrogen) atoms. The van der Waals surface area contributed by atoms with Gasteiger partial charge in [-0.2, -0.15) is 0 Å². The van der Waals surface area contributed by atoms with Crippen molar-refractivity contribution in [3.63, 3.8) is 0 Å². The first-order valence-electron chi connectivity index (χ1n) is 8.21. The molecule has 1 heterocycles. The predicted octanol–water partition coefficient (Wildman–Crippen LogP) is 4.87. The van der Waals surface area contributed by atoms with Gasteiger partial charge >= 0.3 is 0 Å². The van der Waals surface area contributed by atoms with Gasteiger partial charge in [0.25, 0.3) is 0 Å². The van der Waals surface area contributed by atoms with Gasteiger partial charge in [0.2, 0.25) is 0 Å². The molecule has 0 saturated carbocycles. The molecular weight excluding hydrogens is 357 g/mol. The molecule has 0 unspecified atom stereocenters. The van der Waals surface area contributed by atoms with Crippen LogP contribution in [0.3, 0.4) is 0 Å². The molecule has 4 nitrogen and oxygen atoms in total. The number of nitrogens with zero attached hydrogens (tertiary/aromatic N) is 3. The van der Waals surface area contributed by atoms with Gasteiger partial charge in [0, 0.05) is 16.6 Å². The second-order valence-corrected chi connectivity index (χ2v) is 7.09. The molecule has 0 aliphatic rings. The van der Waals surface area contributed by atoms with Crippen LogP contribution in [0.15, 0.2) is 42.5 Å². The van der Waals surface area contributed by atoms with E-state index < -0.39 is 0 Å². The molecule has 0 atom stereocenters. The van der Waals surface area contributed by atoms with E-state index in [9.17, 15) is 0 Å². The number of imidazole rings is 1. The van der Waals surface area contributed by atoms with E-state index in [1.165, 1.54) is 0 Å². The summed E-state index contributed by atoms with van der Waals surface area (Å²) < 4.78 is 8.08. The third-order valence-electron chi connectivity index (χ3n) is 3.96. The van der Waals surface area contributed by atoms with Gasteiger partial charge in [0.15, 0.2) is 0 Å². The lowest BCUT2D eigenvalue weighted by Gasteiger charge is -2.13. The summed E-state index contributed by atoms with van der Waals surface area (Å²) in [6.45, 7) is 2.28. The normalized spacial score (nSPS) is 11.4. The summed E-state index contributed by atoms with van der Waals surface area (Å²) in [6.07, 6.45) is 1.03.